The molecule has 1 aromatic heterocycles. The van der Waals surface area contributed by atoms with E-state index in [0.29, 0.717) is 6.61 Å². The van der Waals surface area contributed by atoms with Gasteiger partial charge in [-0.25, -0.2) is 9.97 Å². The Morgan fingerprint density at radius 3 is 2.57 bits per heavy atom. The summed E-state index contributed by atoms with van der Waals surface area (Å²) in [5.41, 5.74) is 0.840. The lowest BCUT2D eigenvalue weighted by molar-refractivity contribution is -0.0468. The number of hydrogen-bond acceptors (Lipinski definition) is 4. The number of nitrogens with zero attached hydrogens (tertiary/aromatic N) is 3. The highest BCUT2D eigenvalue weighted by molar-refractivity contribution is 5.40. The summed E-state index contributed by atoms with van der Waals surface area (Å²) in [6.45, 7) is 10.9. The van der Waals surface area contributed by atoms with E-state index in [4.69, 9.17) is 9.72 Å². The van der Waals surface area contributed by atoms with Gasteiger partial charge in [-0.05, 0) is 18.6 Å². The summed E-state index contributed by atoms with van der Waals surface area (Å²) in [6.07, 6.45) is 1.86. The van der Waals surface area contributed by atoms with Crippen molar-refractivity contribution in [2.24, 2.45) is 0 Å². The number of ether oxygens (including phenoxy) is 1. The van der Waals surface area contributed by atoms with E-state index in [9.17, 15) is 0 Å². The van der Waals surface area contributed by atoms with Crippen molar-refractivity contribution in [3.63, 3.8) is 0 Å². The fraction of sp³-hybridized carbons (Fsp3) is 0.474. The van der Waals surface area contributed by atoms with Crippen molar-refractivity contribution in [1.82, 2.24) is 9.97 Å². The second-order valence-corrected chi connectivity index (χ2v) is 7.36. The van der Waals surface area contributed by atoms with Gasteiger partial charge in [-0.2, -0.15) is 0 Å². The van der Waals surface area contributed by atoms with Gasteiger partial charge in [-0.3, -0.25) is 0 Å². The van der Waals surface area contributed by atoms with Crippen LogP contribution < -0.4 is 4.90 Å². The van der Waals surface area contributed by atoms with Gasteiger partial charge in [0, 0.05) is 18.2 Å². The molecule has 3 rings (SSSR count). The molecule has 23 heavy (non-hydrogen) atoms. The summed E-state index contributed by atoms with van der Waals surface area (Å²) >= 11 is 0. The van der Waals surface area contributed by atoms with Crippen LogP contribution in [0.25, 0.3) is 0 Å². The van der Waals surface area contributed by atoms with Crippen LogP contribution in [0.15, 0.2) is 42.6 Å². The van der Waals surface area contributed by atoms with Gasteiger partial charge in [0.15, 0.2) is 0 Å². The third-order valence-corrected chi connectivity index (χ3v) is 4.29. The minimum atomic E-state index is -0.313. The summed E-state index contributed by atoms with van der Waals surface area (Å²) in [7, 11) is 0. The van der Waals surface area contributed by atoms with Gasteiger partial charge in [0.05, 0.1) is 13.2 Å². The van der Waals surface area contributed by atoms with Crippen LogP contribution in [0.1, 0.15) is 39.1 Å². The molecule has 1 atom stereocenters. The SMILES string of the molecule is CC(C)(C)c1nccc(N2CCOC(C)(c3ccccc3)C2)n1. The third kappa shape index (κ3) is 3.37. The Morgan fingerprint density at radius 2 is 1.87 bits per heavy atom. The van der Waals surface area contributed by atoms with Gasteiger partial charge in [0.25, 0.3) is 0 Å². The topological polar surface area (TPSA) is 38.2 Å². The molecule has 0 bridgehead atoms. The first-order chi connectivity index (χ1) is 10.9. The lowest BCUT2D eigenvalue weighted by Crippen LogP contribution is -2.48. The van der Waals surface area contributed by atoms with Crippen molar-refractivity contribution >= 4 is 5.82 Å². The Balaban J connectivity index is 1.87. The quantitative estimate of drug-likeness (QED) is 0.850. The molecule has 0 spiro atoms. The van der Waals surface area contributed by atoms with Crippen LogP contribution in [0.3, 0.4) is 0 Å². The predicted octanol–water partition coefficient (Wildman–Crippen LogP) is 3.53. The van der Waals surface area contributed by atoms with Gasteiger partial charge in [-0.1, -0.05) is 51.1 Å². The molecule has 122 valence electrons. The molecule has 1 aliphatic heterocycles. The van der Waals surface area contributed by atoms with E-state index < -0.39 is 0 Å². The molecule has 0 saturated carbocycles. The Labute approximate surface area is 138 Å². The van der Waals surface area contributed by atoms with Gasteiger partial charge < -0.3 is 9.64 Å². The van der Waals surface area contributed by atoms with Crippen LogP contribution in [0.4, 0.5) is 5.82 Å². The third-order valence-electron chi connectivity index (χ3n) is 4.29. The minimum Gasteiger partial charge on any atom is -0.367 e. The van der Waals surface area contributed by atoms with Crippen molar-refractivity contribution < 1.29 is 4.74 Å². The number of rotatable bonds is 2. The fourth-order valence-corrected chi connectivity index (χ4v) is 2.92. The van der Waals surface area contributed by atoms with Gasteiger partial charge in [0.2, 0.25) is 0 Å². The second-order valence-electron chi connectivity index (χ2n) is 7.36. The molecule has 0 amide bonds. The minimum absolute atomic E-state index is 0.0506. The molecule has 4 heteroatoms. The number of morpholine rings is 1. The highest BCUT2D eigenvalue weighted by Gasteiger charge is 2.34. The summed E-state index contributed by atoms with van der Waals surface area (Å²) in [6, 6.07) is 12.4. The summed E-state index contributed by atoms with van der Waals surface area (Å²) in [5, 5.41) is 0. The lowest BCUT2D eigenvalue weighted by atomic mass is 9.93. The molecule has 1 aromatic carbocycles. The number of aromatic nitrogens is 2. The largest absolute Gasteiger partial charge is 0.367 e. The molecule has 1 aliphatic rings. The summed E-state index contributed by atoms with van der Waals surface area (Å²) in [4.78, 5) is 11.5. The first kappa shape index (κ1) is 15.9. The van der Waals surface area contributed by atoms with E-state index in [0.717, 1.165) is 24.7 Å². The van der Waals surface area contributed by atoms with E-state index in [-0.39, 0.29) is 11.0 Å². The van der Waals surface area contributed by atoms with Crippen molar-refractivity contribution in [3.8, 4) is 0 Å². The first-order valence-electron chi connectivity index (χ1n) is 8.16. The van der Waals surface area contributed by atoms with Crippen LogP contribution >= 0.6 is 0 Å². The van der Waals surface area contributed by atoms with Crippen LogP contribution in [0.5, 0.6) is 0 Å². The van der Waals surface area contributed by atoms with E-state index in [2.05, 4.69) is 61.8 Å². The van der Waals surface area contributed by atoms with Crippen molar-refractivity contribution in [2.75, 3.05) is 24.6 Å². The molecule has 1 unspecified atom stereocenters. The highest BCUT2D eigenvalue weighted by Crippen LogP contribution is 2.31. The molecule has 0 radical (unpaired) electrons. The van der Waals surface area contributed by atoms with Crippen LogP contribution in [0, 0.1) is 0 Å². The molecule has 2 aromatic rings. The average molecular weight is 311 g/mol. The maximum atomic E-state index is 6.12. The first-order valence-corrected chi connectivity index (χ1v) is 8.16. The van der Waals surface area contributed by atoms with Crippen LogP contribution in [0.2, 0.25) is 0 Å². The predicted molar refractivity (Wildman–Crippen MR) is 92.7 cm³/mol. The van der Waals surface area contributed by atoms with E-state index >= 15 is 0 Å². The molecule has 4 nitrogen and oxygen atoms in total. The van der Waals surface area contributed by atoms with Crippen molar-refractivity contribution in [3.05, 3.63) is 54.0 Å². The summed E-state index contributed by atoms with van der Waals surface area (Å²) < 4.78 is 6.12. The normalized spacial score (nSPS) is 22.2. The number of anilines is 1. The van der Waals surface area contributed by atoms with Gasteiger partial charge in [0.1, 0.15) is 17.2 Å². The zero-order valence-corrected chi connectivity index (χ0v) is 14.4. The van der Waals surface area contributed by atoms with E-state index in [1.807, 2.05) is 18.3 Å². The number of benzene rings is 1. The maximum absolute atomic E-state index is 6.12. The standard InChI is InChI=1S/C19H25N3O/c1-18(2,3)17-20-11-10-16(21-17)22-12-13-23-19(4,14-22)15-8-6-5-7-9-15/h5-11H,12-14H2,1-4H3. The highest BCUT2D eigenvalue weighted by atomic mass is 16.5. The molecule has 1 fully saturated rings. The lowest BCUT2D eigenvalue weighted by Gasteiger charge is -2.41. The Kier molecular flexibility index (Phi) is 4.11. The molecular weight excluding hydrogens is 286 g/mol. The van der Waals surface area contributed by atoms with Gasteiger partial charge >= 0.3 is 0 Å². The van der Waals surface area contributed by atoms with E-state index in [1.54, 1.807) is 0 Å². The Morgan fingerprint density at radius 1 is 1.13 bits per heavy atom. The van der Waals surface area contributed by atoms with Crippen LogP contribution in [-0.4, -0.2) is 29.7 Å². The Bertz CT molecular complexity index is 666. The maximum Gasteiger partial charge on any atom is 0.135 e. The molecule has 0 N–H and O–H groups in total. The van der Waals surface area contributed by atoms with Crippen molar-refractivity contribution in [2.45, 2.75) is 38.7 Å². The molecule has 1 saturated heterocycles. The zero-order chi connectivity index (χ0) is 16.5. The summed E-state index contributed by atoms with van der Waals surface area (Å²) in [5.74, 6) is 1.86. The van der Waals surface area contributed by atoms with Crippen molar-refractivity contribution in [1.29, 1.82) is 0 Å². The molecule has 0 aliphatic carbocycles. The monoisotopic (exact) mass is 311 g/mol. The smallest absolute Gasteiger partial charge is 0.135 e. The van der Waals surface area contributed by atoms with E-state index in [1.165, 1.54) is 5.56 Å². The fourth-order valence-electron chi connectivity index (χ4n) is 2.92. The average Bonchev–Trinajstić information content (AvgIpc) is 2.55. The van der Waals surface area contributed by atoms with Gasteiger partial charge in [-0.15, -0.1) is 0 Å². The second kappa shape index (κ2) is 5.93. The molecule has 2 heterocycles. The zero-order valence-electron chi connectivity index (χ0n) is 14.4. The van der Waals surface area contributed by atoms with Crippen LogP contribution in [-0.2, 0) is 15.8 Å². The Hall–Kier alpha value is -1.94. The molecular formula is C19H25N3O. The number of hydrogen-bond donors (Lipinski definition) is 0.